The molecule has 3 aromatic rings. The second-order valence-corrected chi connectivity index (χ2v) is 7.69. The number of amides is 1. The van der Waals surface area contributed by atoms with E-state index >= 15 is 0 Å². The molecular weight excluding hydrogens is 442 g/mol. The topological polar surface area (TPSA) is 81.7 Å². The maximum atomic E-state index is 12.7. The number of halogens is 1. The molecule has 3 aromatic carbocycles. The van der Waals surface area contributed by atoms with Crippen molar-refractivity contribution in [3.63, 3.8) is 0 Å². The number of hydrogen-bond donors (Lipinski definition) is 1. The first-order valence-corrected chi connectivity index (χ1v) is 10.9. The minimum Gasteiger partial charge on any atom is -0.461 e. The van der Waals surface area contributed by atoms with Crippen LogP contribution in [0.25, 0.3) is 0 Å². The average Bonchev–Trinajstić information content (AvgIpc) is 2.85. The molecule has 0 heterocycles. The molecule has 170 valence electrons. The lowest BCUT2D eigenvalue weighted by Crippen LogP contribution is -2.42. The highest BCUT2D eigenvalue weighted by molar-refractivity contribution is 6.33. The standard InChI is InChI=1S/C26H24ClNO5/c27-22-14-8-7-13-21(22)25(30)28-23(26(31)33-18-20-11-5-2-6-12-20)15-16-24(29)32-17-19-9-3-1-4-10-19/h1-14,23H,15-18H2,(H,28,30)/t23-/m0/s1. The van der Waals surface area contributed by atoms with Gasteiger partial charge >= 0.3 is 11.9 Å². The lowest BCUT2D eigenvalue weighted by Gasteiger charge is -2.18. The summed E-state index contributed by atoms with van der Waals surface area (Å²) in [6.07, 6.45) is -0.0435. The van der Waals surface area contributed by atoms with Gasteiger partial charge in [0.15, 0.2) is 0 Å². The van der Waals surface area contributed by atoms with Gasteiger partial charge in [0.05, 0.1) is 10.6 Å². The fourth-order valence-corrected chi connectivity index (χ4v) is 3.25. The molecule has 0 bridgehead atoms. The molecule has 0 aliphatic heterocycles. The fourth-order valence-electron chi connectivity index (χ4n) is 3.03. The van der Waals surface area contributed by atoms with Gasteiger partial charge in [-0.1, -0.05) is 84.4 Å². The van der Waals surface area contributed by atoms with E-state index in [0.717, 1.165) is 11.1 Å². The van der Waals surface area contributed by atoms with Gasteiger partial charge in [-0.2, -0.15) is 0 Å². The predicted octanol–water partition coefficient (Wildman–Crippen LogP) is 4.71. The minimum absolute atomic E-state index is 0.0252. The van der Waals surface area contributed by atoms with Gasteiger partial charge in [-0.05, 0) is 29.7 Å². The quantitative estimate of drug-likeness (QED) is 0.439. The van der Waals surface area contributed by atoms with Crippen molar-refractivity contribution < 1.29 is 23.9 Å². The van der Waals surface area contributed by atoms with Crippen molar-refractivity contribution in [1.29, 1.82) is 0 Å². The lowest BCUT2D eigenvalue weighted by molar-refractivity contribution is -0.148. The number of nitrogens with one attached hydrogen (secondary N) is 1. The SMILES string of the molecule is O=C(CC[C@H](NC(=O)c1ccccc1Cl)C(=O)OCc1ccccc1)OCc1ccccc1. The summed E-state index contributed by atoms with van der Waals surface area (Å²) in [6.45, 7) is 0.186. The molecule has 33 heavy (non-hydrogen) atoms. The highest BCUT2D eigenvalue weighted by Gasteiger charge is 2.25. The normalized spacial score (nSPS) is 11.3. The van der Waals surface area contributed by atoms with Crippen LogP contribution in [0.1, 0.15) is 34.3 Å². The van der Waals surface area contributed by atoms with E-state index in [9.17, 15) is 14.4 Å². The van der Waals surface area contributed by atoms with Crippen LogP contribution in [0, 0.1) is 0 Å². The maximum Gasteiger partial charge on any atom is 0.328 e. The van der Waals surface area contributed by atoms with E-state index in [1.165, 1.54) is 0 Å². The monoisotopic (exact) mass is 465 g/mol. The zero-order chi connectivity index (χ0) is 23.5. The zero-order valence-corrected chi connectivity index (χ0v) is 18.7. The van der Waals surface area contributed by atoms with Crippen molar-refractivity contribution in [3.8, 4) is 0 Å². The van der Waals surface area contributed by atoms with Gasteiger partial charge in [0.25, 0.3) is 5.91 Å². The lowest BCUT2D eigenvalue weighted by atomic mass is 10.1. The van der Waals surface area contributed by atoms with Crippen molar-refractivity contribution in [3.05, 3.63) is 107 Å². The molecule has 7 heteroatoms. The van der Waals surface area contributed by atoms with Crippen LogP contribution in [0.4, 0.5) is 0 Å². The average molecular weight is 466 g/mol. The Kier molecular flexibility index (Phi) is 9.03. The van der Waals surface area contributed by atoms with E-state index in [-0.39, 0.29) is 36.6 Å². The number of esters is 2. The van der Waals surface area contributed by atoms with Gasteiger partial charge in [-0.15, -0.1) is 0 Å². The van der Waals surface area contributed by atoms with E-state index < -0.39 is 23.9 Å². The first kappa shape index (κ1) is 24.0. The number of carbonyl (C=O) groups excluding carboxylic acids is 3. The Bertz CT molecular complexity index is 1070. The van der Waals surface area contributed by atoms with Gasteiger partial charge in [0.2, 0.25) is 0 Å². The highest BCUT2D eigenvalue weighted by atomic mass is 35.5. The molecule has 0 aliphatic carbocycles. The molecule has 1 N–H and O–H groups in total. The molecule has 0 unspecified atom stereocenters. The first-order valence-electron chi connectivity index (χ1n) is 10.5. The van der Waals surface area contributed by atoms with Crippen molar-refractivity contribution >= 4 is 29.4 Å². The van der Waals surface area contributed by atoms with Gasteiger partial charge in [0, 0.05) is 6.42 Å². The number of hydrogen-bond acceptors (Lipinski definition) is 5. The fraction of sp³-hybridized carbons (Fsp3) is 0.192. The molecular formula is C26H24ClNO5. The Labute approximate surface area is 197 Å². The highest BCUT2D eigenvalue weighted by Crippen LogP contribution is 2.16. The number of rotatable bonds is 10. The summed E-state index contributed by atoms with van der Waals surface area (Å²) >= 11 is 6.10. The largest absolute Gasteiger partial charge is 0.461 e. The molecule has 0 radical (unpaired) electrons. The minimum atomic E-state index is -1.04. The summed E-state index contributed by atoms with van der Waals surface area (Å²) < 4.78 is 10.7. The van der Waals surface area contributed by atoms with Gasteiger partial charge in [-0.3, -0.25) is 9.59 Å². The van der Waals surface area contributed by atoms with Crippen LogP contribution in [0.2, 0.25) is 5.02 Å². The third-order valence-corrected chi connectivity index (χ3v) is 5.14. The van der Waals surface area contributed by atoms with Crippen LogP contribution in [0.3, 0.4) is 0 Å². The Hall–Kier alpha value is -3.64. The Morgan fingerprint density at radius 3 is 1.91 bits per heavy atom. The van der Waals surface area contributed by atoms with Crippen molar-refractivity contribution in [2.24, 2.45) is 0 Å². The predicted molar refractivity (Wildman–Crippen MR) is 124 cm³/mol. The Morgan fingerprint density at radius 2 is 1.30 bits per heavy atom. The summed E-state index contributed by atoms with van der Waals surface area (Å²) in [7, 11) is 0. The van der Waals surface area contributed by atoms with Crippen LogP contribution in [0.5, 0.6) is 0 Å². The third-order valence-electron chi connectivity index (χ3n) is 4.81. The zero-order valence-electron chi connectivity index (χ0n) is 17.9. The second-order valence-electron chi connectivity index (χ2n) is 7.28. The van der Waals surface area contributed by atoms with E-state index in [0.29, 0.717) is 0 Å². The second kappa shape index (κ2) is 12.4. The number of ether oxygens (including phenoxy) is 2. The Morgan fingerprint density at radius 1 is 0.758 bits per heavy atom. The molecule has 1 atom stereocenters. The summed E-state index contributed by atoms with van der Waals surface area (Å²) in [4.78, 5) is 37.7. The van der Waals surface area contributed by atoms with Crippen molar-refractivity contribution in [2.45, 2.75) is 32.1 Å². The molecule has 6 nitrogen and oxygen atoms in total. The number of carbonyl (C=O) groups is 3. The van der Waals surface area contributed by atoms with Gasteiger partial charge in [-0.25, -0.2) is 4.79 Å². The third kappa shape index (κ3) is 7.77. The summed E-state index contributed by atoms with van der Waals surface area (Å²) in [5.41, 5.74) is 1.90. The van der Waals surface area contributed by atoms with Crippen molar-refractivity contribution in [1.82, 2.24) is 5.32 Å². The molecule has 1 amide bonds. The number of benzene rings is 3. The molecule has 0 saturated carbocycles. The van der Waals surface area contributed by atoms with Gasteiger partial charge in [0.1, 0.15) is 19.3 Å². The van der Waals surface area contributed by atoms with Crippen LogP contribution < -0.4 is 5.32 Å². The molecule has 0 aromatic heterocycles. The van der Waals surface area contributed by atoms with Gasteiger partial charge < -0.3 is 14.8 Å². The molecule has 0 fully saturated rings. The van der Waals surface area contributed by atoms with E-state index in [4.69, 9.17) is 21.1 Å². The summed E-state index contributed by atoms with van der Waals surface area (Å²) in [5.74, 6) is -1.65. The molecule has 0 spiro atoms. The van der Waals surface area contributed by atoms with E-state index in [2.05, 4.69) is 5.32 Å². The maximum absolute atomic E-state index is 12.7. The Balaban J connectivity index is 1.61. The first-order chi connectivity index (χ1) is 16.0. The van der Waals surface area contributed by atoms with E-state index in [1.54, 1.807) is 24.3 Å². The molecule has 3 rings (SSSR count). The van der Waals surface area contributed by atoms with Crippen molar-refractivity contribution in [2.75, 3.05) is 0 Å². The van der Waals surface area contributed by atoms with Crippen LogP contribution in [-0.2, 0) is 32.3 Å². The van der Waals surface area contributed by atoms with Crippen LogP contribution >= 0.6 is 11.6 Å². The van der Waals surface area contributed by atoms with Crippen LogP contribution in [-0.4, -0.2) is 23.9 Å². The van der Waals surface area contributed by atoms with Crippen LogP contribution in [0.15, 0.2) is 84.9 Å². The molecule has 0 aliphatic rings. The smallest absolute Gasteiger partial charge is 0.328 e. The summed E-state index contributed by atoms with van der Waals surface area (Å²) in [5, 5.41) is 2.89. The summed E-state index contributed by atoms with van der Waals surface area (Å²) in [6, 6.07) is 23.9. The van der Waals surface area contributed by atoms with E-state index in [1.807, 2.05) is 60.7 Å². The molecule has 0 saturated heterocycles.